The van der Waals surface area contributed by atoms with Gasteiger partial charge < -0.3 is 51.3 Å². The molecule has 314 valence electrons. The van der Waals surface area contributed by atoms with Gasteiger partial charge >= 0.3 is 150 Å². The molecule has 3 N–H and O–H groups in total. The molecule has 0 aromatic heterocycles. The van der Waals surface area contributed by atoms with Crippen molar-refractivity contribution < 1.29 is 183 Å². The third-order valence-corrected chi connectivity index (χ3v) is 8.22. The van der Waals surface area contributed by atoms with E-state index in [-0.39, 0.29) is 158 Å². The van der Waals surface area contributed by atoms with Crippen molar-refractivity contribution in [2.24, 2.45) is 0 Å². The van der Waals surface area contributed by atoms with E-state index >= 15 is 0 Å². The summed E-state index contributed by atoms with van der Waals surface area (Å²) in [5.41, 5.74) is 1.29. The van der Waals surface area contributed by atoms with E-state index in [1.807, 2.05) is 77.9 Å². The number of hydrogen-bond acceptors (Lipinski definition) is 11. The molecule has 4 rings (SSSR count). The number of nitrogens with zero attached hydrogens (tertiary/aromatic N) is 2. The van der Waals surface area contributed by atoms with E-state index in [0.29, 0.717) is 19.5 Å². The second kappa shape index (κ2) is 35.9. The van der Waals surface area contributed by atoms with E-state index in [1.165, 1.54) is 64.0 Å². The van der Waals surface area contributed by atoms with E-state index < -0.39 is 17.3 Å². The van der Waals surface area contributed by atoms with Gasteiger partial charge in [0.2, 0.25) is 0 Å². The Labute approximate surface area is 466 Å². The van der Waals surface area contributed by atoms with Gasteiger partial charge in [-0.15, -0.1) is 11.6 Å². The van der Waals surface area contributed by atoms with E-state index in [9.17, 15) is 9.59 Å². The molecule has 2 aromatic rings. The largest absolute Gasteiger partial charge is 1.00 e. The Morgan fingerprint density at radius 2 is 1.14 bits per heavy atom. The monoisotopic (exact) mass is 1060 g/mol. The number of benzene rings is 2. The second-order valence-corrected chi connectivity index (χ2v) is 15.6. The third-order valence-electron chi connectivity index (χ3n) is 7.96. The Kier molecular flexibility index (Phi) is 37.4. The van der Waals surface area contributed by atoms with Crippen molar-refractivity contribution in [2.75, 3.05) is 64.8 Å². The Morgan fingerprint density at radius 3 is 1.51 bits per heavy atom. The SMILES string of the molecule is CC(C)(C)OC(=O)NCCc1ccc(O)cc1.CC(C)(C)OC(=O)NCCc1ccc(OCCCN2CCCC2)cc1.ClCCCN1CCCC1.O=CO[O-].[Cs+].[Cs+].[H-]. The number of likely N-dealkylation sites (tertiary alicyclic amines) is 2. The molecule has 0 bridgehead atoms. The number of carbonyl (C=O) groups excluding carboxylic acids is 3. The number of alkyl halides is 1. The molecule has 2 aromatic carbocycles. The number of aromatic hydroxyl groups is 1. The van der Waals surface area contributed by atoms with Crippen molar-refractivity contribution in [1.82, 2.24) is 20.4 Å². The zero-order chi connectivity index (χ0) is 41.0. The van der Waals surface area contributed by atoms with Crippen LogP contribution in [-0.2, 0) is 32.0 Å². The molecule has 2 saturated heterocycles. The van der Waals surface area contributed by atoms with Crippen molar-refractivity contribution in [3.63, 3.8) is 0 Å². The minimum absolute atomic E-state index is 0. The average molecular weight is 1060 g/mol. The Balaban J connectivity index is -0.000000793. The van der Waals surface area contributed by atoms with Crippen LogP contribution in [0.25, 0.3) is 0 Å². The number of amides is 2. The first-order chi connectivity index (χ1) is 26.1. The zero-order valence-corrected chi connectivity index (χ0v) is 49.2. The van der Waals surface area contributed by atoms with Crippen LogP contribution in [-0.4, -0.2) is 110 Å². The molecule has 0 saturated carbocycles. The summed E-state index contributed by atoms with van der Waals surface area (Å²) in [5, 5.41) is 23.0. The first kappa shape index (κ1) is 59.4. The first-order valence-electron chi connectivity index (χ1n) is 19.3. The number of ether oxygens (including phenoxy) is 3. The maximum absolute atomic E-state index is 11.6. The Morgan fingerprint density at radius 1 is 0.754 bits per heavy atom. The van der Waals surface area contributed by atoms with E-state index in [4.69, 9.17) is 41.0 Å². The third kappa shape index (κ3) is 35.6. The van der Waals surface area contributed by atoms with Crippen molar-refractivity contribution in [3.8, 4) is 11.5 Å². The molecular weight excluding hydrogens is 994 g/mol. The molecule has 2 fully saturated rings. The van der Waals surface area contributed by atoms with E-state index in [0.717, 1.165) is 49.6 Å². The number of hydrogen-bond donors (Lipinski definition) is 3. The van der Waals surface area contributed by atoms with Crippen LogP contribution < -0.4 is 158 Å². The molecule has 2 aliphatic rings. The van der Waals surface area contributed by atoms with Crippen LogP contribution in [0.5, 0.6) is 11.5 Å². The number of rotatable bonds is 15. The molecule has 2 aliphatic heterocycles. The quantitative estimate of drug-likeness (QED) is 0.0743. The molecule has 2 amide bonds. The molecule has 16 heteroatoms. The van der Waals surface area contributed by atoms with Gasteiger partial charge in [0.1, 0.15) is 22.7 Å². The Bertz CT molecular complexity index is 1310. The minimum Gasteiger partial charge on any atom is -1.00 e. The van der Waals surface area contributed by atoms with Gasteiger partial charge in [0.25, 0.3) is 6.47 Å². The van der Waals surface area contributed by atoms with Crippen molar-refractivity contribution in [2.45, 2.75) is 104 Å². The number of alkyl carbamates (subject to hydrolysis) is 2. The van der Waals surface area contributed by atoms with Gasteiger partial charge in [0.15, 0.2) is 0 Å². The van der Waals surface area contributed by atoms with Gasteiger partial charge in [-0.3, -0.25) is 4.79 Å². The van der Waals surface area contributed by atoms with Crippen molar-refractivity contribution >= 4 is 30.3 Å². The fraction of sp³-hybridized carbons (Fsp3) is 0.634. The summed E-state index contributed by atoms with van der Waals surface area (Å²) in [6.45, 7) is 20.1. The average Bonchev–Trinajstić information content (AvgIpc) is 3.85. The molecule has 13 nitrogen and oxygen atoms in total. The first-order valence-corrected chi connectivity index (χ1v) is 19.8. The number of halogens is 1. The molecule has 2 heterocycles. The summed E-state index contributed by atoms with van der Waals surface area (Å²) in [4.78, 5) is 39.2. The Hall–Kier alpha value is 0.324. The van der Waals surface area contributed by atoms with Crippen LogP contribution in [0.3, 0.4) is 0 Å². The number of nitrogens with one attached hydrogen (secondary N) is 2. The maximum Gasteiger partial charge on any atom is 1.00 e. The van der Waals surface area contributed by atoms with Crippen molar-refractivity contribution in [3.05, 3.63) is 59.7 Å². The van der Waals surface area contributed by atoms with Crippen LogP contribution in [0.2, 0.25) is 0 Å². The van der Waals surface area contributed by atoms with Gasteiger partial charge in [-0.2, -0.15) is 0 Å². The summed E-state index contributed by atoms with van der Waals surface area (Å²) in [6, 6.07) is 15.0. The van der Waals surface area contributed by atoms with Crippen LogP contribution in [0.4, 0.5) is 9.59 Å². The predicted molar refractivity (Wildman–Crippen MR) is 215 cm³/mol. The fourth-order valence-corrected chi connectivity index (χ4v) is 5.55. The van der Waals surface area contributed by atoms with Crippen molar-refractivity contribution in [1.29, 1.82) is 0 Å². The molecule has 57 heavy (non-hydrogen) atoms. The number of carbonyl (C=O) groups is 3. The van der Waals surface area contributed by atoms with Crippen LogP contribution in [0.15, 0.2) is 48.5 Å². The summed E-state index contributed by atoms with van der Waals surface area (Å²) in [7, 11) is 0. The molecule has 0 aliphatic carbocycles. The predicted octanol–water partition coefficient (Wildman–Crippen LogP) is 0.344. The summed E-state index contributed by atoms with van der Waals surface area (Å²) < 4.78 is 16.1. The van der Waals surface area contributed by atoms with E-state index in [1.54, 1.807) is 12.1 Å². The van der Waals surface area contributed by atoms with Crippen LogP contribution in [0.1, 0.15) is 92.6 Å². The van der Waals surface area contributed by atoms with Crippen LogP contribution >= 0.6 is 11.6 Å². The van der Waals surface area contributed by atoms with Gasteiger partial charge in [-0.05, 0) is 161 Å². The van der Waals surface area contributed by atoms with Gasteiger partial charge in [0, 0.05) is 25.5 Å². The van der Waals surface area contributed by atoms with Gasteiger partial charge in [0.05, 0.1) is 6.61 Å². The number of phenolic OH excluding ortho intramolecular Hbond substituents is 1. The maximum atomic E-state index is 11.6. The van der Waals surface area contributed by atoms with Gasteiger partial charge in [-0.1, -0.05) is 24.3 Å². The van der Waals surface area contributed by atoms with Gasteiger partial charge in [-0.25, -0.2) is 9.59 Å². The second-order valence-electron chi connectivity index (χ2n) is 15.2. The summed E-state index contributed by atoms with van der Waals surface area (Å²) >= 11 is 5.55. The zero-order valence-electron chi connectivity index (χ0n) is 36.9. The molecular formula is C41H67ClCs2N4O9. The standard InChI is InChI=1S/C20H32N2O3.C13H19NO3.C7H14ClN.CH2O3.2Cs.H/c1-20(2,3)25-19(23)21-12-11-17-7-9-18(10-8-17)24-16-6-15-22-13-4-5-14-22;1-13(2,3)17-12(16)14-9-8-10-4-6-11(15)7-5-10;8-4-3-7-9-5-1-2-6-9;2-1-4-3;;;/h7-10H,4-6,11-16H2,1-3H3,(H,21,23);4-7,15H,8-9H2,1-3H3,(H,14,16);1-7H2;1,3H;;;/q;;;;2*+1;-1/p-1. The molecule has 0 atom stereocenters. The van der Waals surface area contributed by atoms with Crippen LogP contribution in [0, 0.1) is 0 Å². The molecule has 0 unspecified atom stereocenters. The minimum atomic E-state index is -0.470. The topological polar surface area (TPSA) is 162 Å². The molecule has 0 spiro atoms. The normalized spacial score (nSPS) is 13.6. The fourth-order valence-electron chi connectivity index (χ4n) is 5.44. The number of phenols is 1. The van der Waals surface area contributed by atoms with E-state index in [2.05, 4.69) is 25.3 Å². The molecule has 0 radical (unpaired) electrons. The smallest absolute Gasteiger partial charge is 1.00 e. The summed E-state index contributed by atoms with van der Waals surface area (Å²) in [5.74, 6) is 1.97. The summed E-state index contributed by atoms with van der Waals surface area (Å²) in [6.07, 6.45) is 8.39.